The van der Waals surface area contributed by atoms with Gasteiger partial charge in [0.2, 0.25) is 0 Å². The maximum absolute atomic E-state index is 16.8. The van der Waals surface area contributed by atoms with Crippen molar-refractivity contribution in [3.8, 4) is 29.0 Å². The molecule has 0 aliphatic carbocycles. The van der Waals surface area contributed by atoms with Crippen LogP contribution in [0.4, 0.5) is 34.2 Å². The number of halogens is 5. The van der Waals surface area contributed by atoms with Gasteiger partial charge in [-0.15, -0.1) is 11.3 Å². The molecule has 6 N–H and O–H groups in total. The van der Waals surface area contributed by atoms with Gasteiger partial charge in [0.1, 0.15) is 45.9 Å². The number of likely N-dealkylation sites (tertiary alicyclic amines) is 1. The number of nitrogen functional groups attached to an aromatic ring is 2. The van der Waals surface area contributed by atoms with Crippen LogP contribution in [0.2, 0.25) is 5.02 Å². The van der Waals surface area contributed by atoms with E-state index in [1.165, 1.54) is 17.2 Å². The van der Waals surface area contributed by atoms with Gasteiger partial charge in [-0.1, -0.05) is 23.7 Å². The Morgan fingerprint density at radius 1 is 1.21 bits per heavy atom. The Bertz CT molecular complexity index is 2110. The lowest BCUT2D eigenvalue weighted by Crippen LogP contribution is -2.38. The summed E-state index contributed by atoms with van der Waals surface area (Å²) in [5.74, 6) is -5.19. The molecule has 2 aromatic carbocycles. The minimum atomic E-state index is -2.93. The lowest BCUT2D eigenvalue weighted by atomic mass is 9.96. The highest BCUT2D eigenvalue weighted by molar-refractivity contribution is 7.23. The van der Waals surface area contributed by atoms with E-state index in [-0.39, 0.29) is 54.8 Å². The molecule has 1 unspecified atom stereocenters. The van der Waals surface area contributed by atoms with Gasteiger partial charge in [0.05, 0.1) is 39.3 Å². The molecule has 244 valence electrons. The summed E-state index contributed by atoms with van der Waals surface area (Å²) in [6, 6.07) is 5.91. The van der Waals surface area contributed by atoms with Crippen molar-refractivity contribution in [3.63, 3.8) is 0 Å². The number of fused-ring (bicyclic) bond motifs is 2. The molecular formula is C31H27ClF4N8O2S. The van der Waals surface area contributed by atoms with Crippen LogP contribution in [-0.4, -0.2) is 56.6 Å². The van der Waals surface area contributed by atoms with E-state index in [1.807, 2.05) is 6.07 Å². The van der Waals surface area contributed by atoms with Crippen molar-refractivity contribution in [3.05, 3.63) is 58.2 Å². The highest BCUT2D eigenvalue weighted by atomic mass is 35.5. The number of thiophene rings is 1. The van der Waals surface area contributed by atoms with E-state index >= 15 is 4.39 Å². The second kappa shape index (κ2) is 11.9. The lowest BCUT2D eigenvalue weighted by Gasteiger charge is -2.26. The summed E-state index contributed by atoms with van der Waals surface area (Å²) in [5.41, 5.74) is 11.7. The Morgan fingerprint density at radius 2 is 1.96 bits per heavy atom. The van der Waals surface area contributed by atoms with Crippen LogP contribution < -0.4 is 21.5 Å². The third kappa shape index (κ3) is 5.56. The van der Waals surface area contributed by atoms with Crippen LogP contribution >= 0.6 is 22.9 Å². The summed E-state index contributed by atoms with van der Waals surface area (Å²) in [4.78, 5) is 14.2. The Morgan fingerprint density at radius 3 is 2.62 bits per heavy atom. The fraction of sp³-hybridized carbons (Fsp3) is 0.290. The van der Waals surface area contributed by atoms with E-state index in [9.17, 15) is 23.5 Å². The van der Waals surface area contributed by atoms with E-state index in [2.05, 4.69) is 20.3 Å². The predicted molar refractivity (Wildman–Crippen MR) is 173 cm³/mol. The topological polar surface area (TPSA) is 159 Å². The van der Waals surface area contributed by atoms with Crippen LogP contribution in [0.3, 0.4) is 0 Å². The van der Waals surface area contributed by atoms with Crippen molar-refractivity contribution in [2.24, 2.45) is 0 Å². The largest absolute Gasteiger partial charge is 0.506 e. The number of nitrogens with zero attached hydrogens (tertiary/aromatic N) is 5. The van der Waals surface area contributed by atoms with Crippen LogP contribution in [0, 0.1) is 23.0 Å². The Labute approximate surface area is 274 Å². The minimum absolute atomic E-state index is 0.00476. The molecule has 16 heteroatoms. The quantitative estimate of drug-likeness (QED) is 0.133. The monoisotopic (exact) mass is 686 g/mol. The molecule has 3 atom stereocenters. The number of aromatic hydroxyl groups is 1. The lowest BCUT2D eigenvalue weighted by molar-refractivity contribution is 0.0127. The van der Waals surface area contributed by atoms with Gasteiger partial charge < -0.3 is 26.6 Å². The second-order valence-corrected chi connectivity index (χ2v) is 12.8. The van der Waals surface area contributed by atoms with E-state index < -0.39 is 65.0 Å². The third-order valence-corrected chi connectivity index (χ3v) is 9.65. The van der Waals surface area contributed by atoms with Crippen LogP contribution in [0.25, 0.3) is 32.1 Å². The number of benzene rings is 2. The number of alkyl halides is 2. The molecule has 1 aliphatic heterocycles. The van der Waals surface area contributed by atoms with E-state index in [4.69, 9.17) is 27.8 Å². The molecule has 0 saturated carbocycles. The molecule has 1 fully saturated rings. The Kier molecular flexibility index (Phi) is 8.15. The number of hydrogen-bond donors (Lipinski definition) is 4. The molecule has 6 rings (SSSR count). The fourth-order valence-electron chi connectivity index (χ4n) is 6.03. The maximum atomic E-state index is 16.8. The summed E-state index contributed by atoms with van der Waals surface area (Å²) in [5, 5.41) is 23.7. The number of anilines is 3. The summed E-state index contributed by atoms with van der Waals surface area (Å²) < 4.78 is 66.0. The molecule has 0 bridgehead atoms. The number of nitrogens with one attached hydrogen (secondary N) is 1. The SMILES string of the molecule is CC(Oc1nc(N[C@H](C)c2cccnc2N)c2c(O)c(Cl)c(-c3ccc(F)c4sc(N)c(C#N)c34)c(F)c2n1)[C@@H]1CC(F)(F)CN1C. The van der Waals surface area contributed by atoms with Gasteiger partial charge in [0.25, 0.3) is 5.92 Å². The summed E-state index contributed by atoms with van der Waals surface area (Å²) in [7, 11) is 1.54. The predicted octanol–water partition coefficient (Wildman–Crippen LogP) is 6.86. The summed E-state index contributed by atoms with van der Waals surface area (Å²) in [6.45, 7) is 2.83. The van der Waals surface area contributed by atoms with Crippen LogP contribution in [0.5, 0.6) is 11.8 Å². The molecule has 1 saturated heterocycles. The third-order valence-electron chi connectivity index (χ3n) is 8.26. The van der Waals surface area contributed by atoms with Gasteiger partial charge >= 0.3 is 6.01 Å². The molecule has 47 heavy (non-hydrogen) atoms. The number of aromatic nitrogens is 3. The van der Waals surface area contributed by atoms with Gasteiger partial charge in [-0.2, -0.15) is 15.2 Å². The molecule has 5 aromatic rings. The number of phenols is 1. The molecule has 10 nitrogen and oxygen atoms in total. The van der Waals surface area contributed by atoms with Crippen molar-refractivity contribution in [1.82, 2.24) is 19.9 Å². The zero-order chi connectivity index (χ0) is 33.9. The number of likely N-dealkylation sites (N-methyl/N-ethyl adjacent to an activating group) is 1. The van der Waals surface area contributed by atoms with Gasteiger partial charge in [0.15, 0.2) is 5.82 Å². The fourth-order valence-corrected chi connectivity index (χ4v) is 7.25. The summed E-state index contributed by atoms with van der Waals surface area (Å²) >= 11 is 7.45. The molecule has 0 amide bonds. The van der Waals surface area contributed by atoms with Crippen molar-refractivity contribution in [2.45, 2.75) is 44.4 Å². The Hall–Kier alpha value is -4.65. The number of ether oxygens (including phenoxy) is 1. The average Bonchev–Trinajstić information content (AvgIpc) is 3.51. The van der Waals surface area contributed by atoms with Crippen molar-refractivity contribution in [2.75, 3.05) is 30.4 Å². The van der Waals surface area contributed by atoms with Gasteiger partial charge in [-0.25, -0.2) is 22.5 Å². The van der Waals surface area contributed by atoms with E-state index in [0.29, 0.717) is 5.56 Å². The molecule has 3 aromatic heterocycles. The van der Waals surface area contributed by atoms with Crippen molar-refractivity contribution >= 4 is 60.6 Å². The van der Waals surface area contributed by atoms with Crippen LogP contribution in [0.15, 0.2) is 30.5 Å². The van der Waals surface area contributed by atoms with Crippen molar-refractivity contribution in [1.29, 1.82) is 5.26 Å². The van der Waals surface area contributed by atoms with Crippen molar-refractivity contribution < 1.29 is 27.4 Å². The number of rotatable bonds is 7. The van der Waals surface area contributed by atoms with E-state index in [0.717, 1.165) is 17.4 Å². The first-order valence-corrected chi connectivity index (χ1v) is 15.5. The normalized spacial score (nSPS) is 17.6. The standard InChI is InChI=1S/C31H27ClF4N8O2S/c1-12(14-5-4-8-40-27(14)38)41-29-21-24(42-30(43-29)46-13(2)18-9-31(35,36)11-44(18)3)23(34)20(22(32)25(21)45)15-6-7-17(33)26-19(15)16(10-37)28(39)47-26/h4-8,12-13,18,45H,9,11,39H2,1-3H3,(H2,38,40)(H,41,42,43)/t12-,13?,18+/m1/s1. The number of pyridine rings is 1. The molecule has 0 spiro atoms. The molecule has 0 radical (unpaired) electrons. The van der Waals surface area contributed by atoms with E-state index in [1.54, 1.807) is 33.0 Å². The highest BCUT2D eigenvalue weighted by Crippen LogP contribution is 2.49. The Balaban J connectivity index is 1.57. The number of nitrogens with two attached hydrogens (primary N) is 2. The molecule has 4 heterocycles. The van der Waals surface area contributed by atoms with Gasteiger partial charge in [0, 0.05) is 29.1 Å². The van der Waals surface area contributed by atoms with Gasteiger partial charge in [-0.05, 0) is 38.6 Å². The zero-order valence-electron chi connectivity index (χ0n) is 25.1. The maximum Gasteiger partial charge on any atom is 0.319 e. The summed E-state index contributed by atoms with van der Waals surface area (Å²) in [6.07, 6.45) is 0.175. The smallest absolute Gasteiger partial charge is 0.319 e. The number of hydrogen-bond acceptors (Lipinski definition) is 11. The first-order chi connectivity index (χ1) is 22.2. The number of nitriles is 1. The first-order valence-electron chi connectivity index (χ1n) is 14.3. The second-order valence-electron chi connectivity index (χ2n) is 11.4. The minimum Gasteiger partial charge on any atom is -0.506 e. The zero-order valence-corrected chi connectivity index (χ0v) is 26.6. The molecular weight excluding hydrogens is 660 g/mol. The first kappa shape index (κ1) is 32.3. The van der Waals surface area contributed by atoms with Crippen LogP contribution in [0.1, 0.15) is 37.4 Å². The van der Waals surface area contributed by atoms with Crippen LogP contribution in [-0.2, 0) is 0 Å². The highest BCUT2D eigenvalue weighted by Gasteiger charge is 2.46. The van der Waals surface area contributed by atoms with Gasteiger partial charge in [-0.3, -0.25) is 4.90 Å². The average molecular weight is 687 g/mol. The molecule has 1 aliphatic rings. The number of phenolic OH excluding ortho intramolecular Hbond substituents is 1.